The highest BCUT2D eigenvalue weighted by molar-refractivity contribution is 9.10. The van der Waals surface area contributed by atoms with Crippen molar-refractivity contribution in [3.05, 3.63) is 34.3 Å². The van der Waals surface area contributed by atoms with Crippen molar-refractivity contribution < 1.29 is 13.2 Å². The summed E-state index contributed by atoms with van der Waals surface area (Å²) in [5.74, 6) is -3.83. The summed E-state index contributed by atoms with van der Waals surface area (Å²) in [6, 6.07) is 8.29. The van der Waals surface area contributed by atoms with Gasteiger partial charge in [0.1, 0.15) is 11.8 Å². The molecule has 1 atom stereocenters. The molecule has 0 fully saturated rings. The summed E-state index contributed by atoms with van der Waals surface area (Å²) in [7, 11) is 0. The van der Waals surface area contributed by atoms with Gasteiger partial charge in [0.15, 0.2) is 0 Å². The van der Waals surface area contributed by atoms with E-state index in [-0.39, 0.29) is 5.56 Å². The van der Waals surface area contributed by atoms with Gasteiger partial charge in [-0.05, 0) is 17.7 Å². The zero-order valence-corrected chi connectivity index (χ0v) is 9.96. The van der Waals surface area contributed by atoms with Crippen molar-refractivity contribution in [1.29, 1.82) is 10.5 Å². The molecule has 0 heterocycles. The zero-order chi connectivity index (χ0) is 13.1. The molecule has 0 N–H and O–H groups in total. The first-order valence-electron chi connectivity index (χ1n) is 4.51. The Morgan fingerprint density at radius 2 is 1.76 bits per heavy atom. The van der Waals surface area contributed by atoms with E-state index in [4.69, 9.17) is 10.5 Å². The van der Waals surface area contributed by atoms with E-state index in [0.29, 0.717) is 4.47 Å². The van der Waals surface area contributed by atoms with Crippen LogP contribution in [0.25, 0.3) is 0 Å². The minimum Gasteiger partial charge on any atom is -0.197 e. The van der Waals surface area contributed by atoms with Crippen LogP contribution in [0.3, 0.4) is 0 Å². The van der Waals surface area contributed by atoms with Crippen LogP contribution in [0.5, 0.6) is 0 Å². The molecule has 1 unspecified atom stereocenters. The Bertz CT molecular complexity index is 471. The second kappa shape index (κ2) is 5.20. The number of hydrogen-bond acceptors (Lipinski definition) is 2. The number of benzene rings is 1. The van der Waals surface area contributed by atoms with E-state index in [1.54, 1.807) is 6.07 Å². The van der Waals surface area contributed by atoms with Crippen LogP contribution in [0.2, 0.25) is 0 Å². The molecule has 0 saturated carbocycles. The molecule has 17 heavy (non-hydrogen) atoms. The summed E-state index contributed by atoms with van der Waals surface area (Å²) in [4.78, 5) is 0. The van der Waals surface area contributed by atoms with Gasteiger partial charge in [-0.2, -0.15) is 23.7 Å². The molecule has 1 aromatic rings. The number of halogens is 4. The smallest absolute Gasteiger partial charge is 0.197 e. The Kier molecular flexibility index (Phi) is 4.14. The normalized spacial score (nSPS) is 12.9. The van der Waals surface area contributed by atoms with Crippen LogP contribution in [0.15, 0.2) is 28.7 Å². The molecule has 2 nitrogen and oxygen atoms in total. The average Bonchev–Trinajstić information content (AvgIpc) is 2.23. The van der Waals surface area contributed by atoms with Crippen molar-refractivity contribution in [2.45, 2.75) is 12.1 Å². The van der Waals surface area contributed by atoms with Crippen molar-refractivity contribution in [1.82, 2.24) is 0 Å². The lowest BCUT2D eigenvalue weighted by Gasteiger charge is -2.21. The Balaban J connectivity index is 3.27. The third kappa shape index (κ3) is 3.21. The molecule has 6 heteroatoms. The van der Waals surface area contributed by atoms with Crippen LogP contribution in [0.4, 0.5) is 13.2 Å². The molecule has 0 spiro atoms. The fraction of sp³-hybridized carbons (Fsp3) is 0.273. The van der Waals surface area contributed by atoms with Gasteiger partial charge in [-0.1, -0.05) is 28.1 Å². The Morgan fingerprint density at radius 3 is 2.18 bits per heavy atom. The minimum atomic E-state index is -4.63. The Hall–Kier alpha value is -1.53. The van der Waals surface area contributed by atoms with Crippen molar-refractivity contribution >= 4 is 15.9 Å². The van der Waals surface area contributed by atoms with Gasteiger partial charge in [0, 0.05) is 4.47 Å². The molecule has 0 aliphatic carbocycles. The van der Waals surface area contributed by atoms with E-state index >= 15 is 0 Å². The minimum absolute atomic E-state index is 0.0972. The van der Waals surface area contributed by atoms with Crippen molar-refractivity contribution in [3.8, 4) is 12.1 Å². The number of nitrogens with zero attached hydrogens (tertiary/aromatic N) is 2. The average molecular weight is 303 g/mol. The molecule has 0 bridgehead atoms. The van der Waals surface area contributed by atoms with Crippen LogP contribution < -0.4 is 0 Å². The lowest BCUT2D eigenvalue weighted by Crippen LogP contribution is -2.27. The molecule has 0 amide bonds. The lowest BCUT2D eigenvalue weighted by molar-refractivity contribution is -0.154. The molecular weight excluding hydrogens is 297 g/mol. The van der Waals surface area contributed by atoms with Crippen LogP contribution in [-0.4, -0.2) is 6.18 Å². The summed E-state index contributed by atoms with van der Waals surface area (Å²) >= 11 is 3.06. The summed E-state index contributed by atoms with van der Waals surface area (Å²) in [5.41, 5.74) is -0.0972. The quantitative estimate of drug-likeness (QED) is 0.835. The molecule has 0 aliphatic rings. The van der Waals surface area contributed by atoms with Crippen LogP contribution in [0, 0.1) is 28.6 Å². The second-order valence-electron chi connectivity index (χ2n) is 3.31. The Labute approximate surface area is 104 Å². The standard InChI is InChI=1S/C11H6BrF3N2/c12-9-3-1-2-7(4-9)10(11(13,14)15)8(5-16)6-17/h1-4,8,10H. The van der Waals surface area contributed by atoms with Crippen LogP contribution >= 0.6 is 15.9 Å². The molecule has 0 aliphatic heterocycles. The first-order valence-corrected chi connectivity index (χ1v) is 5.31. The number of rotatable bonds is 2. The first-order chi connectivity index (χ1) is 7.90. The highest BCUT2D eigenvalue weighted by Gasteiger charge is 2.46. The lowest BCUT2D eigenvalue weighted by atomic mass is 9.87. The van der Waals surface area contributed by atoms with Crippen molar-refractivity contribution in [3.63, 3.8) is 0 Å². The van der Waals surface area contributed by atoms with Crippen molar-refractivity contribution in [2.75, 3.05) is 0 Å². The number of alkyl halides is 3. The summed E-state index contributed by atoms with van der Waals surface area (Å²) in [6.07, 6.45) is -4.63. The molecule has 0 saturated heterocycles. The van der Waals surface area contributed by atoms with Gasteiger partial charge in [-0.25, -0.2) is 0 Å². The number of hydrogen-bond donors (Lipinski definition) is 0. The predicted octanol–water partition coefficient (Wildman–Crippen LogP) is 3.76. The third-order valence-corrected chi connectivity index (χ3v) is 2.67. The van der Waals surface area contributed by atoms with E-state index in [1.807, 2.05) is 0 Å². The maximum Gasteiger partial charge on any atom is 0.398 e. The van der Waals surface area contributed by atoms with Gasteiger partial charge in [0.25, 0.3) is 0 Å². The number of nitriles is 2. The maximum atomic E-state index is 12.8. The maximum absolute atomic E-state index is 12.8. The highest BCUT2D eigenvalue weighted by atomic mass is 79.9. The second-order valence-corrected chi connectivity index (χ2v) is 4.23. The Morgan fingerprint density at radius 1 is 1.18 bits per heavy atom. The summed E-state index contributed by atoms with van der Waals surface area (Å²) in [5, 5.41) is 17.2. The fourth-order valence-electron chi connectivity index (χ4n) is 1.45. The van der Waals surface area contributed by atoms with Gasteiger partial charge in [-0.15, -0.1) is 0 Å². The van der Waals surface area contributed by atoms with Gasteiger partial charge in [0.05, 0.1) is 12.1 Å². The molecule has 0 aromatic heterocycles. The first kappa shape index (κ1) is 13.5. The summed E-state index contributed by atoms with van der Waals surface area (Å²) in [6.45, 7) is 0. The van der Waals surface area contributed by atoms with Gasteiger partial charge in [0.2, 0.25) is 0 Å². The van der Waals surface area contributed by atoms with Crippen molar-refractivity contribution in [2.24, 2.45) is 5.92 Å². The zero-order valence-electron chi connectivity index (χ0n) is 8.37. The molecule has 0 radical (unpaired) electrons. The van der Waals surface area contributed by atoms with Crippen LogP contribution in [-0.2, 0) is 0 Å². The van der Waals surface area contributed by atoms with E-state index < -0.39 is 18.0 Å². The predicted molar refractivity (Wildman–Crippen MR) is 57.7 cm³/mol. The van der Waals surface area contributed by atoms with E-state index in [2.05, 4.69) is 15.9 Å². The fourth-order valence-corrected chi connectivity index (χ4v) is 1.87. The van der Waals surface area contributed by atoms with Crippen LogP contribution in [0.1, 0.15) is 11.5 Å². The van der Waals surface area contributed by atoms with Gasteiger partial charge >= 0.3 is 6.18 Å². The molecule has 1 rings (SSSR count). The van der Waals surface area contributed by atoms with E-state index in [0.717, 1.165) is 0 Å². The highest BCUT2D eigenvalue weighted by Crippen LogP contribution is 2.40. The SMILES string of the molecule is N#CC(C#N)C(c1cccc(Br)c1)C(F)(F)F. The largest absolute Gasteiger partial charge is 0.398 e. The van der Waals surface area contributed by atoms with E-state index in [1.165, 1.54) is 30.3 Å². The molecule has 1 aromatic carbocycles. The third-order valence-electron chi connectivity index (χ3n) is 2.17. The summed E-state index contributed by atoms with van der Waals surface area (Å²) < 4.78 is 39.0. The van der Waals surface area contributed by atoms with E-state index in [9.17, 15) is 13.2 Å². The van der Waals surface area contributed by atoms with Gasteiger partial charge < -0.3 is 0 Å². The molecular formula is C11H6BrF3N2. The monoisotopic (exact) mass is 302 g/mol. The topological polar surface area (TPSA) is 47.6 Å². The molecule has 88 valence electrons. The van der Waals surface area contributed by atoms with Gasteiger partial charge in [-0.3, -0.25) is 0 Å².